The number of carbonyl (C=O) groups is 1. The van der Waals surface area contributed by atoms with Crippen LogP contribution in [0.1, 0.15) is 62.2 Å². The van der Waals surface area contributed by atoms with E-state index in [4.69, 9.17) is 10.5 Å². The minimum Gasteiger partial charge on any atom is -0.474 e. The molecule has 36 heavy (non-hydrogen) atoms. The quantitative estimate of drug-likeness (QED) is 0.442. The average molecular weight is 515 g/mol. The summed E-state index contributed by atoms with van der Waals surface area (Å²) in [5.41, 5.74) is 4.92. The minimum absolute atomic E-state index is 0.0209. The molecule has 1 aromatic carbocycles. The highest BCUT2D eigenvalue weighted by molar-refractivity contribution is 7.93. The number of carbonyl (C=O) groups excluding carboxylic acids is 1. The summed E-state index contributed by atoms with van der Waals surface area (Å²) < 4.78 is 48.8. The summed E-state index contributed by atoms with van der Waals surface area (Å²) >= 11 is 0. The monoisotopic (exact) mass is 514 g/mol. The lowest BCUT2D eigenvalue weighted by Gasteiger charge is -2.28. The summed E-state index contributed by atoms with van der Waals surface area (Å²) in [6.45, 7) is 7.05. The van der Waals surface area contributed by atoms with E-state index >= 15 is 4.39 Å². The van der Waals surface area contributed by atoms with E-state index in [1.165, 1.54) is 36.9 Å². The van der Waals surface area contributed by atoms with Crippen LogP contribution in [0, 0.1) is 5.82 Å². The van der Waals surface area contributed by atoms with Gasteiger partial charge in [-0.2, -0.15) is 0 Å². The normalized spacial score (nSPS) is 14.1. The summed E-state index contributed by atoms with van der Waals surface area (Å²) in [7, 11) is -3.58. The third-order valence-corrected chi connectivity index (χ3v) is 7.60. The van der Waals surface area contributed by atoms with Crippen LogP contribution in [0.4, 0.5) is 10.2 Å². The van der Waals surface area contributed by atoms with E-state index in [2.05, 4.69) is 24.7 Å². The number of rotatable bonds is 9. The van der Waals surface area contributed by atoms with Gasteiger partial charge in [0.1, 0.15) is 5.82 Å². The van der Waals surface area contributed by atoms with Gasteiger partial charge in [-0.3, -0.25) is 19.5 Å². The number of amides is 1. The zero-order chi connectivity index (χ0) is 26.3. The van der Waals surface area contributed by atoms with Crippen LogP contribution in [0.25, 0.3) is 11.3 Å². The van der Waals surface area contributed by atoms with Crippen molar-refractivity contribution in [2.75, 3.05) is 4.72 Å². The Hall–Kier alpha value is -3.67. The second kappa shape index (κ2) is 9.41. The molecule has 2 heterocycles. The number of aromatic nitrogens is 4. The summed E-state index contributed by atoms with van der Waals surface area (Å²) in [6.07, 6.45) is 6.62. The number of hydrogen-bond acceptors (Lipinski definition) is 8. The maximum atomic E-state index is 15.9. The molecule has 2 aromatic heterocycles. The summed E-state index contributed by atoms with van der Waals surface area (Å²) in [4.78, 5) is 29.2. The maximum Gasteiger partial charge on any atom is 0.251 e. The van der Waals surface area contributed by atoms with Crippen LogP contribution in [-0.4, -0.2) is 45.6 Å². The molecule has 0 aliphatic heterocycles. The maximum absolute atomic E-state index is 15.9. The second-order valence-corrected chi connectivity index (χ2v) is 11.3. The van der Waals surface area contributed by atoms with Gasteiger partial charge in [0.25, 0.3) is 5.91 Å². The first kappa shape index (κ1) is 25.4. The summed E-state index contributed by atoms with van der Waals surface area (Å²) in [6, 6.07) is 2.83. The fourth-order valence-corrected chi connectivity index (χ4v) is 5.13. The average Bonchev–Trinajstić information content (AvgIpc) is 3.64. The highest BCUT2D eigenvalue weighted by Gasteiger charge is 2.37. The molecular weight excluding hydrogens is 487 g/mol. The van der Waals surface area contributed by atoms with Crippen molar-refractivity contribution < 1.29 is 22.3 Å². The van der Waals surface area contributed by atoms with Crippen molar-refractivity contribution in [3.8, 4) is 17.1 Å². The Bertz CT molecular complexity index is 1420. The van der Waals surface area contributed by atoms with Crippen LogP contribution in [0.3, 0.4) is 0 Å². The first-order valence-electron chi connectivity index (χ1n) is 11.4. The Morgan fingerprint density at radius 3 is 2.47 bits per heavy atom. The Morgan fingerprint density at radius 1 is 1.14 bits per heavy atom. The molecular formula is C24H27FN6O4S. The van der Waals surface area contributed by atoms with Crippen molar-refractivity contribution in [3.05, 3.63) is 59.6 Å². The highest BCUT2D eigenvalue weighted by Crippen LogP contribution is 2.40. The van der Waals surface area contributed by atoms with Crippen LogP contribution in [0.5, 0.6) is 5.88 Å². The number of ether oxygens (including phenoxy) is 1. The predicted molar refractivity (Wildman–Crippen MR) is 131 cm³/mol. The van der Waals surface area contributed by atoms with E-state index in [1.54, 1.807) is 13.8 Å². The molecule has 1 amide bonds. The third-order valence-electron chi connectivity index (χ3n) is 5.76. The molecule has 0 bridgehead atoms. The lowest BCUT2D eigenvalue weighted by Crippen LogP contribution is -2.27. The minimum atomic E-state index is -3.58. The van der Waals surface area contributed by atoms with Gasteiger partial charge in [-0.15, -0.1) is 0 Å². The van der Waals surface area contributed by atoms with Crippen molar-refractivity contribution in [2.24, 2.45) is 5.73 Å². The lowest BCUT2D eigenvalue weighted by molar-refractivity contribution is 0.0996. The number of nitrogens with zero attached hydrogens (tertiary/aromatic N) is 4. The molecule has 0 unspecified atom stereocenters. The smallest absolute Gasteiger partial charge is 0.251 e. The van der Waals surface area contributed by atoms with E-state index in [0.29, 0.717) is 24.1 Å². The Morgan fingerprint density at radius 2 is 1.83 bits per heavy atom. The highest BCUT2D eigenvalue weighted by atomic mass is 32.2. The number of halogens is 1. The van der Waals surface area contributed by atoms with E-state index in [-0.39, 0.29) is 34.6 Å². The van der Waals surface area contributed by atoms with Gasteiger partial charge in [0.05, 0.1) is 46.9 Å². The SMILES string of the molecule is CC(C)Oc1cncc(-c2ccc(C(N)=O)c(F)c2C(C)(C)c2cncc(NS(=O)(=O)C3CC3)n2)n1. The molecule has 0 saturated heterocycles. The van der Waals surface area contributed by atoms with Crippen molar-refractivity contribution >= 4 is 21.7 Å². The molecule has 3 N–H and O–H groups in total. The second-order valence-electron chi connectivity index (χ2n) is 9.38. The van der Waals surface area contributed by atoms with Crippen LogP contribution in [-0.2, 0) is 15.4 Å². The Labute approximate surface area is 208 Å². The fourth-order valence-electron chi connectivity index (χ4n) is 3.82. The first-order chi connectivity index (χ1) is 16.9. The number of benzene rings is 1. The molecule has 3 aromatic rings. The molecule has 4 rings (SSSR count). The number of sulfonamides is 1. The molecule has 0 atom stereocenters. The van der Waals surface area contributed by atoms with E-state index in [1.807, 2.05) is 13.8 Å². The van der Waals surface area contributed by atoms with Crippen molar-refractivity contribution in [2.45, 2.75) is 57.3 Å². The number of primary amides is 1. The molecule has 12 heteroatoms. The zero-order valence-corrected chi connectivity index (χ0v) is 21.1. The number of nitrogens with two attached hydrogens (primary N) is 1. The molecule has 0 spiro atoms. The number of nitrogens with one attached hydrogen (secondary N) is 1. The van der Waals surface area contributed by atoms with E-state index in [0.717, 1.165) is 0 Å². The Kier molecular flexibility index (Phi) is 6.65. The van der Waals surface area contributed by atoms with Crippen molar-refractivity contribution in [3.63, 3.8) is 0 Å². The fraction of sp³-hybridized carbons (Fsp3) is 0.375. The van der Waals surface area contributed by atoms with Gasteiger partial charge in [0.15, 0.2) is 5.82 Å². The van der Waals surface area contributed by atoms with Gasteiger partial charge in [-0.05, 0) is 46.6 Å². The molecule has 0 radical (unpaired) electrons. The molecule has 1 fully saturated rings. The molecule has 10 nitrogen and oxygen atoms in total. The van der Waals surface area contributed by atoms with Gasteiger partial charge >= 0.3 is 0 Å². The zero-order valence-electron chi connectivity index (χ0n) is 20.3. The van der Waals surface area contributed by atoms with Gasteiger partial charge in [0, 0.05) is 22.7 Å². The third kappa shape index (κ3) is 5.13. The predicted octanol–water partition coefficient (Wildman–Crippen LogP) is 3.19. The number of hydrogen-bond donors (Lipinski definition) is 2. The lowest BCUT2D eigenvalue weighted by atomic mass is 9.77. The number of anilines is 1. The topological polar surface area (TPSA) is 150 Å². The van der Waals surface area contributed by atoms with Crippen LogP contribution < -0.4 is 15.2 Å². The van der Waals surface area contributed by atoms with Gasteiger partial charge < -0.3 is 10.5 Å². The van der Waals surface area contributed by atoms with E-state index in [9.17, 15) is 13.2 Å². The molecule has 190 valence electrons. The van der Waals surface area contributed by atoms with Crippen LogP contribution in [0.2, 0.25) is 0 Å². The molecule has 1 aliphatic carbocycles. The van der Waals surface area contributed by atoms with Crippen molar-refractivity contribution in [1.29, 1.82) is 0 Å². The summed E-state index contributed by atoms with van der Waals surface area (Å²) in [5.74, 6) is -1.50. The van der Waals surface area contributed by atoms with Gasteiger partial charge in [0.2, 0.25) is 15.9 Å². The van der Waals surface area contributed by atoms with Crippen molar-refractivity contribution in [1.82, 2.24) is 19.9 Å². The summed E-state index contributed by atoms with van der Waals surface area (Å²) in [5, 5.41) is -0.453. The van der Waals surface area contributed by atoms with Crippen LogP contribution in [0.15, 0.2) is 36.9 Å². The van der Waals surface area contributed by atoms with Gasteiger partial charge in [-0.25, -0.2) is 22.8 Å². The molecule has 1 saturated carbocycles. The Balaban J connectivity index is 1.85. The van der Waals surface area contributed by atoms with Gasteiger partial charge in [-0.1, -0.05) is 6.07 Å². The first-order valence-corrected chi connectivity index (χ1v) is 12.9. The largest absolute Gasteiger partial charge is 0.474 e. The van der Waals surface area contributed by atoms with Crippen LogP contribution >= 0.6 is 0 Å². The standard InChI is InChI=1S/C24H27FN6O4S/c1-13(2)35-20-12-27-9-17(29-20)15-7-8-16(23(26)32)22(25)21(15)24(3,4)18-10-28-11-19(30-18)31-36(33,34)14-5-6-14/h7-14H,5-6H2,1-4H3,(H2,26,32)(H,30,31). The van der Waals surface area contributed by atoms with E-state index < -0.39 is 32.4 Å². The molecule has 1 aliphatic rings.